The van der Waals surface area contributed by atoms with E-state index >= 15 is 0 Å². The molecule has 6 aromatic carbocycles. The lowest BCUT2D eigenvalue weighted by Gasteiger charge is -2.48. The van der Waals surface area contributed by atoms with Crippen molar-refractivity contribution in [3.8, 4) is 0 Å². The van der Waals surface area contributed by atoms with Crippen LogP contribution in [0.3, 0.4) is 0 Å². The van der Waals surface area contributed by atoms with Gasteiger partial charge in [0.05, 0.1) is 10.9 Å². The first-order chi connectivity index (χ1) is 26.9. The van der Waals surface area contributed by atoms with E-state index in [1.54, 1.807) is 12.1 Å². The minimum Gasteiger partial charge on any atom is -0.289 e. The van der Waals surface area contributed by atoms with Crippen molar-refractivity contribution >= 4 is 39.2 Å². The van der Waals surface area contributed by atoms with E-state index in [0.717, 1.165) is 9.79 Å². The molecule has 294 valence electrons. The Hall–Kier alpha value is -4.93. The molecular formula is C53H60BFOS. The first kappa shape index (κ1) is 43.2. The van der Waals surface area contributed by atoms with Gasteiger partial charge in [-0.1, -0.05) is 144 Å². The molecule has 57 heavy (non-hydrogen) atoms. The van der Waals surface area contributed by atoms with Crippen molar-refractivity contribution in [1.82, 2.24) is 0 Å². The Morgan fingerprint density at radius 2 is 0.877 bits per heavy atom. The van der Waals surface area contributed by atoms with E-state index in [2.05, 4.69) is 132 Å². The van der Waals surface area contributed by atoms with Gasteiger partial charge in [0, 0.05) is 5.56 Å². The predicted octanol–water partition coefficient (Wildman–Crippen LogP) is 11.8. The van der Waals surface area contributed by atoms with Crippen molar-refractivity contribution in [2.24, 2.45) is 5.41 Å². The van der Waals surface area contributed by atoms with Gasteiger partial charge >= 0.3 is 0 Å². The highest BCUT2D eigenvalue weighted by Crippen LogP contribution is 2.27. The number of hydrogen-bond acceptors (Lipinski definition) is 1. The molecule has 0 aliphatic rings. The van der Waals surface area contributed by atoms with Gasteiger partial charge in [-0.2, -0.15) is 16.4 Å². The molecular weight excluding hydrogens is 714 g/mol. The van der Waals surface area contributed by atoms with Gasteiger partial charge in [-0.15, -0.1) is 6.08 Å². The summed E-state index contributed by atoms with van der Waals surface area (Å²) in [5, 5.41) is 0. The summed E-state index contributed by atoms with van der Waals surface area (Å²) in [5.41, 5.74) is 17.4. The van der Waals surface area contributed by atoms with E-state index in [1.165, 1.54) is 78.6 Å². The molecule has 0 aliphatic carbocycles. The zero-order valence-electron chi connectivity index (χ0n) is 36.2. The second-order valence-corrected chi connectivity index (χ2v) is 19.2. The summed E-state index contributed by atoms with van der Waals surface area (Å²) in [6.45, 7) is 27.5. The number of rotatable bonds is 9. The van der Waals surface area contributed by atoms with Gasteiger partial charge in [0.2, 0.25) is 5.78 Å². The van der Waals surface area contributed by atoms with Crippen LogP contribution in [0.2, 0.25) is 0 Å². The maximum atomic E-state index is 13.0. The number of ketones is 1. The highest BCUT2D eigenvalue weighted by atomic mass is 32.2. The average molecular weight is 775 g/mol. The lowest BCUT2D eigenvalue weighted by molar-refractivity contribution is 0.102. The van der Waals surface area contributed by atoms with E-state index in [4.69, 9.17) is 0 Å². The molecule has 0 amide bonds. The molecule has 0 spiro atoms. The Morgan fingerprint density at radius 3 is 1.19 bits per heavy atom. The van der Waals surface area contributed by atoms with Gasteiger partial charge in [0.25, 0.3) is 0 Å². The molecule has 0 aromatic heterocycles. The zero-order chi connectivity index (χ0) is 41.7. The van der Waals surface area contributed by atoms with Crippen molar-refractivity contribution in [3.63, 3.8) is 0 Å². The number of halogens is 1. The Morgan fingerprint density at radius 1 is 0.544 bits per heavy atom. The molecule has 0 saturated heterocycles. The quantitative estimate of drug-likeness (QED) is 0.0812. The second-order valence-electron chi connectivity index (χ2n) is 17.2. The highest BCUT2D eigenvalue weighted by Gasteiger charge is 2.35. The molecule has 0 N–H and O–H groups in total. The maximum Gasteiger partial charge on any atom is 0.212 e. The largest absolute Gasteiger partial charge is 0.289 e. The third-order valence-corrected chi connectivity index (χ3v) is 13.2. The van der Waals surface area contributed by atoms with Crippen LogP contribution in [0.4, 0.5) is 4.39 Å². The van der Waals surface area contributed by atoms with Gasteiger partial charge in [-0.25, -0.2) is 10.4 Å². The predicted molar refractivity (Wildman–Crippen MR) is 248 cm³/mol. The summed E-state index contributed by atoms with van der Waals surface area (Å²) in [5.74, 6) is 2.69. The molecule has 0 unspecified atom stereocenters. The topological polar surface area (TPSA) is 17.1 Å². The Kier molecular flexibility index (Phi) is 13.7. The van der Waals surface area contributed by atoms with Gasteiger partial charge in [0.15, 0.2) is 15.5 Å². The molecule has 0 bridgehead atoms. The van der Waals surface area contributed by atoms with Crippen LogP contribution in [0.15, 0.2) is 143 Å². The number of allylic oxidation sites excluding steroid dienone is 1. The number of hydrogen-bond donors (Lipinski definition) is 0. The fourth-order valence-corrected chi connectivity index (χ4v) is 11.2. The first-order valence-corrected chi connectivity index (χ1v) is 21.5. The SMILES string of the molecule is Cc1cc(C)c([B-](C=CC(C)(C)C)(c2c(C)cc(C)cc2C)c2c(C)cc(C)cc2C)c(C)c1.O=C(C[S+](c1ccccc1)c1ccccc1)c1ccc(F)cc1. The third-order valence-electron chi connectivity index (χ3n) is 11.0. The van der Waals surface area contributed by atoms with Gasteiger partial charge in [-0.05, 0) is 116 Å². The van der Waals surface area contributed by atoms with Crippen LogP contribution in [-0.2, 0) is 10.9 Å². The molecule has 0 atom stereocenters. The van der Waals surface area contributed by atoms with Crippen LogP contribution in [0.1, 0.15) is 81.2 Å². The second kappa shape index (κ2) is 18.1. The number of Topliss-reactive ketones (excluding diaryl/α,β-unsaturated/α-hetero) is 1. The average Bonchev–Trinajstić information content (AvgIpc) is 3.12. The number of benzene rings is 6. The van der Waals surface area contributed by atoms with Crippen molar-refractivity contribution < 1.29 is 9.18 Å². The Bertz CT molecular complexity index is 2120. The summed E-state index contributed by atoms with van der Waals surface area (Å²) in [7, 11) is -0.330. The van der Waals surface area contributed by atoms with Crippen LogP contribution in [0, 0.1) is 73.5 Å². The fourth-order valence-electron chi connectivity index (χ4n) is 9.21. The first-order valence-electron chi connectivity index (χ1n) is 20.1. The summed E-state index contributed by atoms with van der Waals surface area (Å²) in [6.07, 6.45) is 1.11. The molecule has 0 aliphatic heterocycles. The summed E-state index contributed by atoms with van der Waals surface area (Å²) < 4.78 is 13.0. The smallest absolute Gasteiger partial charge is 0.212 e. The lowest BCUT2D eigenvalue weighted by Crippen LogP contribution is -2.70. The summed E-state index contributed by atoms with van der Waals surface area (Å²) in [6, 6.07) is 40.1. The van der Waals surface area contributed by atoms with Crippen LogP contribution < -0.4 is 16.4 Å². The van der Waals surface area contributed by atoms with E-state index in [0.29, 0.717) is 11.3 Å². The minimum absolute atomic E-state index is 0.0287. The van der Waals surface area contributed by atoms with Gasteiger partial charge < -0.3 is 0 Å². The van der Waals surface area contributed by atoms with Gasteiger partial charge in [0.1, 0.15) is 12.0 Å². The van der Waals surface area contributed by atoms with Crippen LogP contribution in [-0.4, -0.2) is 17.7 Å². The molecule has 6 rings (SSSR count). The van der Waals surface area contributed by atoms with Crippen LogP contribution in [0.25, 0.3) is 0 Å². The zero-order valence-corrected chi connectivity index (χ0v) is 37.0. The van der Waals surface area contributed by atoms with Crippen LogP contribution >= 0.6 is 0 Å². The molecule has 6 aromatic rings. The van der Waals surface area contributed by atoms with Crippen LogP contribution in [0.5, 0.6) is 0 Å². The van der Waals surface area contributed by atoms with Gasteiger partial charge in [-0.3, -0.25) is 4.79 Å². The lowest BCUT2D eigenvalue weighted by atomic mass is 9.13. The van der Waals surface area contributed by atoms with E-state index in [-0.39, 0.29) is 27.9 Å². The molecule has 4 heteroatoms. The third kappa shape index (κ3) is 10.2. The van der Waals surface area contributed by atoms with Crippen molar-refractivity contribution in [1.29, 1.82) is 0 Å². The summed E-state index contributed by atoms with van der Waals surface area (Å²) in [4.78, 5) is 14.9. The number of carbonyl (C=O) groups is 1. The molecule has 0 fully saturated rings. The van der Waals surface area contributed by atoms with Crippen molar-refractivity contribution in [2.45, 2.75) is 92.9 Å². The molecule has 0 saturated carbocycles. The standard InChI is InChI=1S/C33H44B.C20H16FOS/c1-21-15-24(4)30(25(5)16-21)34(14-13-33(10,11)12,31-26(6)17-22(2)18-27(31)7)32-28(8)19-23(3)20-29(32)9;21-17-13-11-16(12-14-17)20(22)15-23(18-7-3-1-4-8-18)19-9-5-2-6-10-19/h13-20H,1-12H3;1-14H,15H2/q-1;+1. The molecule has 0 heterocycles. The fraction of sp³-hybridized carbons (Fsp3) is 0.264. The number of carbonyl (C=O) groups excluding carboxylic acids is 1. The normalized spacial score (nSPS) is 11.8. The number of aryl methyl sites for hydroxylation is 9. The van der Waals surface area contributed by atoms with E-state index in [1.807, 2.05) is 60.7 Å². The maximum absolute atomic E-state index is 13.0. The van der Waals surface area contributed by atoms with E-state index < -0.39 is 6.15 Å². The van der Waals surface area contributed by atoms with Crippen molar-refractivity contribution in [3.05, 3.63) is 195 Å². The van der Waals surface area contributed by atoms with E-state index in [9.17, 15) is 9.18 Å². The van der Waals surface area contributed by atoms with Crippen molar-refractivity contribution in [2.75, 3.05) is 5.75 Å². The highest BCUT2D eigenvalue weighted by molar-refractivity contribution is 7.97. The molecule has 1 nitrogen and oxygen atoms in total. The Balaban J connectivity index is 0.000000234. The molecule has 0 radical (unpaired) electrons. The monoisotopic (exact) mass is 774 g/mol. The Labute approximate surface area is 345 Å². The minimum atomic E-state index is -1.35. The summed E-state index contributed by atoms with van der Waals surface area (Å²) >= 11 is 0.